The van der Waals surface area contributed by atoms with Crippen molar-refractivity contribution in [2.45, 2.75) is 43.9 Å². The van der Waals surface area contributed by atoms with Crippen molar-refractivity contribution in [3.8, 4) is 11.1 Å². The number of nitrogens with one attached hydrogen (secondary N) is 1. The second kappa shape index (κ2) is 8.35. The van der Waals surface area contributed by atoms with Gasteiger partial charge in [-0.1, -0.05) is 18.2 Å². The fourth-order valence-electron chi connectivity index (χ4n) is 5.17. The molecule has 3 aliphatic rings. The number of rotatable bonds is 6. The van der Waals surface area contributed by atoms with Crippen molar-refractivity contribution in [2.75, 3.05) is 19.4 Å². The first-order chi connectivity index (χ1) is 16.1. The molecule has 182 valence electrons. The van der Waals surface area contributed by atoms with Gasteiger partial charge in [-0.15, -0.1) is 0 Å². The molecule has 0 radical (unpaired) electrons. The Morgan fingerprint density at radius 3 is 2.53 bits per heavy atom. The molecule has 1 amide bonds. The number of halogens is 3. The second-order valence-electron chi connectivity index (χ2n) is 9.52. The maximum absolute atomic E-state index is 15.6. The van der Waals surface area contributed by atoms with Crippen LogP contribution in [0.15, 0.2) is 36.4 Å². The normalized spacial score (nSPS) is 25.4. The van der Waals surface area contributed by atoms with Gasteiger partial charge in [0.25, 0.3) is 5.91 Å². The summed E-state index contributed by atoms with van der Waals surface area (Å²) < 4.78 is 76.1. The number of hydrogen-bond acceptors (Lipinski definition) is 4. The summed E-state index contributed by atoms with van der Waals surface area (Å²) in [5.41, 5.74) is -0.500. The largest absolute Gasteiger partial charge is 0.368 e. The van der Waals surface area contributed by atoms with Gasteiger partial charge in [0.1, 0.15) is 23.6 Å². The van der Waals surface area contributed by atoms with Crippen LogP contribution in [-0.2, 0) is 26.0 Å². The molecule has 10 heteroatoms. The van der Waals surface area contributed by atoms with Crippen LogP contribution < -0.4 is 4.72 Å². The Hall–Kier alpha value is -2.43. The fourth-order valence-corrected chi connectivity index (χ4v) is 6.03. The lowest BCUT2D eigenvalue weighted by Gasteiger charge is -2.34. The maximum atomic E-state index is 15.6. The Labute approximate surface area is 196 Å². The van der Waals surface area contributed by atoms with E-state index in [-0.39, 0.29) is 29.0 Å². The van der Waals surface area contributed by atoms with Crippen LogP contribution >= 0.6 is 0 Å². The average Bonchev–Trinajstić information content (AvgIpc) is 3.45. The summed E-state index contributed by atoms with van der Waals surface area (Å²) in [5.74, 6) is -2.41. The molecule has 1 unspecified atom stereocenters. The Morgan fingerprint density at radius 1 is 1.18 bits per heavy atom. The van der Waals surface area contributed by atoms with Gasteiger partial charge in [-0.2, -0.15) is 0 Å². The molecule has 5 rings (SSSR count). The number of carbonyl (C=O) groups is 1. The van der Waals surface area contributed by atoms with Crippen molar-refractivity contribution >= 4 is 15.9 Å². The summed E-state index contributed by atoms with van der Waals surface area (Å²) in [6, 6.07) is 6.04. The molecule has 2 saturated heterocycles. The zero-order chi connectivity index (χ0) is 24.3. The summed E-state index contributed by atoms with van der Waals surface area (Å²) in [7, 11) is -3.60. The number of carbonyl (C=O) groups excluding carboxylic acids is 1. The van der Waals surface area contributed by atoms with E-state index in [4.69, 9.17) is 4.74 Å². The third kappa shape index (κ3) is 4.23. The van der Waals surface area contributed by atoms with Gasteiger partial charge < -0.3 is 9.64 Å². The van der Waals surface area contributed by atoms with E-state index in [0.29, 0.717) is 19.6 Å². The van der Waals surface area contributed by atoms with Crippen LogP contribution in [0.25, 0.3) is 11.1 Å². The smallest absolute Gasteiger partial charge is 0.252 e. The Bertz CT molecular complexity index is 1240. The van der Waals surface area contributed by atoms with Gasteiger partial charge in [-0.3, -0.25) is 4.79 Å². The highest BCUT2D eigenvalue weighted by Gasteiger charge is 2.61. The van der Waals surface area contributed by atoms with Gasteiger partial charge in [0, 0.05) is 35.5 Å². The van der Waals surface area contributed by atoms with E-state index in [9.17, 15) is 22.0 Å². The molecule has 1 aliphatic carbocycles. The standard InChI is InChI=1S/C24H25F3N2O4S/c1-34(31,32)28-22-19(29(13-24(22)8-9-24)23(30)20-7-10-33-20)11-14-3-2-4-16(21(14)27)17-12-15(25)5-6-18(17)26/h2-6,12,19-20,22,28H,7-11,13H2,1H3/t19-,20?,22+/m0/s1. The van der Waals surface area contributed by atoms with Crippen molar-refractivity contribution in [3.05, 3.63) is 59.4 Å². The first-order valence-electron chi connectivity index (χ1n) is 11.2. The quantitative estimate of drug-likeness (QED) is 0.670. The summed E-state index contributed by atoms with van der Waals surface area (Å²) in [6.07, 6.45) is 2.60. The SMILES string of the molecule is CS(=O)(=O)N[C@@H]1[C@H](Cc2cccc(-c3cc(F)ccc3F)c2F)N(C(=O)C2CCO2)CC12CC2. The van der Waals surface area contributed by atoms with Crippen LogP contribution in [-0.4, -0.2) is 56.8 Å². The summed E-state index contributed by atoms with van der Waals surface area (Å²) >= 11 is 0. The Morgan fingerprint density at radius 2 is 1.91 bits per heavy atom. The van der Waals surface area contributed by atoms with Crippen molar-refractivity contribution in [1.82, 2.24) is 9.62 Å². The van der Waals surface area contributed by atoms with E-state index >= 15 is 4.39 Å². The summed E-state index contributed by atoms with van der Waals surface area (Å²) in [4.78, 5) is 14.8. The van der Waals surface area contributed by atoms with E-state index in [2.05, 4.69) is 4.72 Å². The van der Waals surface area contributed by atoms with E-state index in [1.54, 1.807) is 11.0 Å². The minimum atomic E-state index is -3.60. The number of benzene rings is 2. The number of ether oxygens (including phenoxy) is 1. The van der Waals surface area contributed by atoms with Gasteiger partial charge in [0.15, 0.2) is 0 Å². The topological polar surface area (TPSA) is 75.7 Å². The maximum Gasteiger partial charge on any atom is 0.252 e. The summed E-state index contributed by atoms with van der Waals surface area (Å²) in [5, 5.41) is 0. The monoisotopic (exact) mass is 494 g/mol. The molecule has 2 aromatic rings. The van der Waals surface area contributed by atoms with E-state index in [0.717, 1.165) is 37.3 Å². The van der Waals surface area contributed by atoms with E-state index < -0.39 is 51.1 Å². The van der Waals surface area contributed by atoms with Gasteiger partial charge in [0.2, 0.25) is 10.0 Å². The third-order valence-electron chi connectivity index (χ3n) is 7.15. The highest BCUT2D eigenvalue weighted by atomic mass is 32.2. The van der Waals surface area contributed by atoms with Crippen molar-refractivity contribution in [3.63, 3.8) is 0 Å². The van der Waals surface area contributed by atoms with Crippen LogP contribution in [0.4, 0.5) is 13.2 Å². The molecule has 0 aromatic heterocycles. The molecule has 3 fully saturated rings. The molecule has 2 aliphatic heterocycles. The number of likely N-dealkylation sites (tertiary alicyclic amines) is 1. The number of hydrogen-bond donors (Lipinski definition) is 1. The van der Waals surface area contributed by atoms with E-state index in [1.807, 2.05) is 0 Å². The van der Waals surface area contributed by atoms with Crippen LogP contribution in [0.3, 0.4) is 0 Å². The van der Waals surface area contributed by atoms with Crippen molar-refractivity contribution in [1.29, 1.82) is 0 Å². The zero-order valence-electron chi connectivity index (χ0n) is 18.6. The van der Waals surface area contributed by atoms with Gasteiger partial charge in [-0.25, -0.2) is 26.3 Å². The number of nitrogens with zero attached hydrogens (tertiary/aromatic N) is 1. The highest BCUT2D eigenvalue weighted by molar-refractivity contribution is 7.88. The lowest BCUT2D eigenvalue weighted by molar-refractivity contribution is -0.157. The van der Waals surface area contributed by atoms with E-state index in [1.165, 1.54) is 12.1 Å². The van der Waals surface area contributed by atoms with Crippen LogP contribution in [0.1, 0.15) is 24.8 Å². The second-order valence-corrected chi connectivity index (χ2v) is 11.3. The molecule has 1 N–H and O–H groups in total. The number of amides is 1. The van der Waals surface area contributed by atoms with Crippen LogP contribution in [0.2, 0.25) is 0 Å². The fraction of sp³-hybridized carbons (Fsp3) is 0.458. The van der Waals surface area contributed by atoms with Gasteiger partial charge in [-0.05, 0) is 43.0 Å². The lowest BCUT2D eigenvalue weighted by Crippen LogP contribution is -2.53. The van der Waals surface area contributed by atoms with Crippen LogP contribution in [0.5, 0.6) is 0 Å². The predicted molar refractivity (Wildman–Crippen MR) is 119 cm³/mol. The number of sulfonamides is 1. The zero-order valence-corrected chi connectivity index (χ0v) is 19.4. The molecular formula is C24H25F3N2O4S. The Balaban J connectivity index is 1.52. The molecule has 2 heterocycles. The predicted octanol–water partition coefficient (Wildman–Crippen LogP) is 3.01. The highest BCUT2D eigenvalue weighted by Crippen LogP contribution is 2.56. The third-order valence-corrected chi connectivity index (χ3v) is 7.83. The molecule has 0 bridgehead atoms. The molecule has 1 saturated carbocycles. The lowest BCUT2D eigenvalue weighted by atomic mass is 9.91. The minimum Gasteiger partial charge on any atom is -0.368 e. The molecule has 34 heavy (non-hydrogen) atoms. The van der Waals surface area contributed by atoms with Gasteiger partial charge >= 0.3 is 0 Å². The average molecular weight is 495 g/mol. The van der Waals surface area contributed by atoms with Crippen molar-refractivity contribution < 1.29 is 31.1 Å². The summed E-state index contributed by atoms with van der Waals surface area (Å²) in [6.45, 7) is 0.852. The molecular weight excluding hydrogens is 469 g/mol. The first kappa shape index (κ1) is 23.3. The van der Waals surface area contributed by atoms with Crippen molar-refractivity contribution in [2.24, 2.45) is 5.41 Å². The Kier molecular flexibility index (Phi) is 5.73. The molecule has 1 spiro atoms. The first-order valence-corrected chi connectivity index (χ1v) is 13.1. The molecule has 3 atom stereocenters. The van der Waals surface area contributed by atoms with Crippen LogP contribution in [0, 0.1) is 22.9 Å². The molecule has 2 aromatic carbocycles. The molecule has 6 nitrogen and oxygen atoms in total. The minimum absolute atomic E-state index is 0.0179. The van der Waals surface area contributed by atoms with Gasteiger partial charge in [0.05, 0.1) is 18.9 Å².